The van der Waals surface area contributed by atoms with Crippen LogP contribution >= 0.6 is 0 Å². The first-order valence-corrected chi connectivity index (χ1v) is 4.97. The number of benzene rings is 1. The van der Waals surface area contributed by atoms with Crippen LogP contribution in [0, 0.1) is 12.8 Å². The van der Waals surface area contributed by atoms with Gasteiger partial charge in [0.1, 0.15) is 0 Å². The molecule has 0 aromatic heterocycles. The van der Waals surface area contributed by atoms with E-state index in [0.29, 0.717) is 5.92 Å². The summed E-state index contributed by atoms with van der Waals surface area (Å²) in [6.07, 6.45) is 1.13. The third-order valence-electron chi connectivity index (χ3n) is 2.72. The highest BCUT2D eigenvalue weighted by Gasteiger charge is 2.11. The molecule has 0 saturated heterocycles. The highest BCUT2D eigenvalue weighted by Crippen LogP contribution is 2.21. The smallest absolute Gasteiger partial charge is 0.0320 e. The second-order valence-electron chi connectivity index (χ2n) is 3.82. The van der Waals surface area contributed by atoms with Crippen molar-refractivity contribution in [1.29, 1.82) is 0 Å². The highest BCUT2D eigenvalue weighted by molar-refractivity contribution is 5.24. The lowest BCUT2D eigenvalue weighted by Gasteiger charge is -2.18. The Bertz CT molecular complexity index is 250. The molecule has 0 aliphatic carbocycles. The number of hydrogen-bond donors (Lipinski definition) is 1. The Labute approximate surface area is 81.0 Å². The van der Waals surface area contributed by atoms with Crippen LogP contribution in [0.2, 0.25) is 0 Å². The molecule has 0 radical (unpaired) electrons. The Kier molecular flexibility index (Phi) is 3.49. The van der Waals surface area contributed by atoms with Gasteiger partial charge in [-0.1, -0.05) is 50.1 Å². The maximum Gasteiger partial charge on any atom is 0.0320 e. The van der Waals surface area contributed by atoms with E-state index in [1.54, 1.807) is 0 Å². The van der Waals surface area contributed by atoms with Gasteiger partial charge in [0, 0.05) is 6.04 Å². The van der Waals surface area contributed by atoms with Crippen LogP contribution in [-0.2, 0) is 0 Å². The molecule has 0 heterocycles. The molecule has 0 aliphatic rings. The summed E-state index contributed by atoms with van der Waals surface area (Å²) in [5, 5.41) is 0. The van der Waals surface area contributed by atoms with E-state index in [1.165, 1.54) is 11.1 Å². The Hall–Kier alpha value is -0.820. The summed E-state index contributed by atoms with van der Waals surface area (Å²) in [5.74, 6) is 0.558. The van der Waals surface area contributed by atoms with Crippen LogP contribution in [0.5, 0.6) is 0 Å². The fourth-order valence-electron chi connectivity index (χ4n) is 1.37. The molecular weight excluding hydrogens is 158 g/mol. The molecule has 1 aromatic rings. The van der Waals surface area contributed by atoms with E-state index < -0.39 is 0 Å². The third-order valence-corrected chi connectivity index (χ3v) is 2.72. The molecular formula is C12H19N. The van der Waals surface area contributed by atoms with Gasteiger partial charge < -0.3 is 5.73 Å². The van der Waals surface area contributed by atoms with Gasteiger partial charge in [-0.2, -0.15) is 0 Å². The van der Waals surface area contributed by atoms with Crippen molar-refractivity contribution < 1.29 is 0 Å². The minimum Gasteiger partial charge on any atom is -0.324 e. The van der Waals surface area contributed by atoms with Crippen molar-refractivity contribution in [3.8, 4) is 0 Å². The van der Waals surface area contributed by atoms with E-state index in [9.17, 15) is 0 Å². The zero-order valence-corrected chi connectivity index (χ0v) is 8.75. The van der Waals surface area contributed by atoms with Crippen LogP contribution in [0.3, 0.4) is 0 Å². The average Bonchev–Trinajstić information content (AvgIpc) is 2.17. The van der Waals surface area contributed by atoms with Crippen LogP contribution < -0.4 is 5.73 Å². The van der Waals surface area contributed by atoms with E-state index in [1.807, 2.05) is 0 Å². The minimum atomic E-state index is 0.186. The Balaban J connectivity index is 2.77. The Morgan fingerprint density at radius 1 is 1.23 bits per heavy atom. The fraction of sp³-hybridized carbons (Fsp3) is 0.500. The number of hydrogen-bond acceptors (Lipinski definition) is 1. The van der Waals surface area contributed by atoms with Crippen molar-refractivity contribution in [2.24, 2.45) is 11.7 Å². The topological polar surface area (TPSA) is 26.0 Å². The molecule has 1 aromatic carbocycles. The lowest BCUT2D eigenvalue weighted by molar-refractivity contribution is 0.457. The molecule has 1 rings (SSSR count). The van der Waals surface area contributed by atoms with E-state index >= 15 is 0 Å². The van der Waals surface area contributed by atoms with Gasteiger partial charge in [0.25, 0.3) is 0 Å². The van der Waals surface area contributed by atoms with Gasteiger partial charge in [-0.3, -0.25) is 0 Å². The lowest BCUT2D eigenvalue weighted by Crippen LogP contribution is -2.18. The molecule has 0 spiro atoms. The number of aryl methyl sites for hydroxylation is 1. The fourth-order valence-corrected chi connectivity index (χ4v) is 1.37. The number of rotatable bonds is 3. The summed E-state index contributed by atoms with van der Waals surface area (Å²) >= 11 is 0. The molecule has 1 heteroatoms. The van der Waals surface area contributed by atoms with Gasteiger partial charge in [0.05, 0.1) is 0 Å². The van der Waals surface area contributed by atoms with E-state index in [0.717, 1.165) is 6.42 Å². The molecule has 0 bridgehead atoms. The zero-order valence-electron chi connectivity index (χ0n) is 8.75. The molecule has 2 atom stereocenters. The van der Waals surface area contributed by atoms with Crippen LogP contribution in [0.25, 0.3) is 0 Å². The van der Waals surface area contributed by atoms with Gasteiger partial charge in [0.15, 0.2) is 0 Å². The summed E-state index contributed by atoms with van der Waals surface area (Å²) in [4.78, 5) is 0. The Morgan fingerprint density at radius 2 is 1.77 bits per heavy atom. The van der Waals surface area contributed by atoms with Crippen molar-refractivity contribution in [1.82, 2.24) is 0 Å². The molecule has 0 amide bonds. The van der Waals surface area contributed by atoms with E-state index in [2.05, 4.69) is 45.0 Å². The predicted octanol–water partition coefficient (Wildman–Crippen LogP) is 3.04. The van der Waals surface area contributed by atoms with Crippen molar-refractivity contribution >= 4 is 0 Å². The SMILES string of the molecule is CCC(C)C(N)c1ccc(C)cc1. The number of nitrogens with two attached hydrogens (primary N) is 1. The van der Waals surface area contributed by atoms with Crippen LogP contribution in [0.1, 0.15) is 37.4 Å². The molecule has 72 valence electrons. The van der Waals surface area contributed by atoms with E-state index in [4.69, 9.17) is 5.73 Å². The average molecular weight is 177 g/mol. The molecule has 1 nitrogen and oxygen atoms in total. The van der Waals surface area contributed by atoms with E-state index in [-0.39, 0.29) is 6.04 Å². The summed E-state index contributed by atoms with van der Waals surface area (Å²) in [5.41, 5.74) is 8.64. The van der Waals surface area contributed by atoms with Crippen LogP contribution in [0.4, 0.5) is 0 Å². The van der Waals surface area contributed by atoms with Gasteiger partial charge in [-0.25, -0.2) is 0 Å². The van der Waals surface area contributed by atoms with Gasteiger partial charge in [-0.05, 0) is 18.4 Å². The normalized spacial score (nSPS) is 15.4. The summed E-state index contributed by atoms with van der Waals surface area (Å²) in [7, 11) is 0. The third kappa shape index (κ3) is 2.56. The van der Waals surface area contributed by atoms with Gasteiger partial charge in [0.2, 0.25) is 0 Å². The van der Waals surface area contributed by atoms with Crippen LogP contribution in [-0.4, -0.2) is 0 Å². The molecule has 2 N–H and O–H groups in total. The quantitative estimate of drug-likeness (QED) is 0.754. The molecule has 0 aliphatic heterocycles. The molecule has 0 fully saturated rings. The molecule has 2 unspecified atom stereocenters. The zero-order chi connectivity index (χ0) is 9.84. The summed E-state index contributed by atoms with van der Waals surface area (Å²) < 4.78 is 0. The van der Waals surface area contributed by atoms with Crippen molar-refractivity contribution in [2.75, 3.05) is 0 Å². The first-order valence-electron chi connectivity index (χ1n) is 4.97. The first kappa shape index (κ1) is 10.3. The largest absolute Gasteiger partial charge is 0.324 e. The van der Waals surface area contributed by atoms with Crippen LogP contribution in [0.15, 0.2) is 24.3 Å². The Morgan fingerprint density at radius 3 is 2.23 bits per heavy atom. The van der Waals surface area contributed by atoms with Gasteiger partial charge >= 0.3 is 0 Å². The molecule has 13 heavy (non-hydrogen) atoms. The maximum atomic E-state index is 6.10. The monoisotopic (exact) mass is 177 g/mol. The summed E-state index contributed by atoms with van der Waals surface area (Å²) in [6.45, 7) is 6.47. The standard InChI is InChI=1S/C12H19N/c1-4-10(3)12(13)11-7-5-9(2)6-8-11/h5-8,10,12H,4,13H2,1-3H3. The second-order valence-corrected chi connectivity index (χ2v) is 3.82. The molecule has 0 saturated carbocycles. The minimum absolute atomic E-state index is 0.186. The predicted molar refractivity (Wildman–Crippen MR) is 57.6 cm³/mol. The summed E-state index contributed by atoms with van der Waals surface area (Å²) in [6, 6.07) is 8.69. The second kappa shape index (κ2) is 4.43. The highest BCUT2D eigenvalue weighted by atomic mass is 14.6. The van der Waals surface area contributed by atoms with Crippen molar-refractivity contribution in [3.63, 3.8) is 0 Å². The van der Waals surface area contributed by atoms with Gasteiger partial charge in [-0.15, -0.1) is 0 Å². The first-order chi connectivity index (χ1) is 6.15. The van der Waals surface area contributed by atoms with Crippen molar-refractivity contribution in [2.45, 2.75) is 33.2 Å². The van der Waals surface area contributed by atoms with Crippen molar-refractivity contribution in [3.05, 3.63) is 35.4 Å². The lowest BCUT2D eigenvalue weighted by atomic mass is 9.93. The maximum absolute atomic E-state index is 6.10.